The highest BCUT2D eigenvalue weighted by Gasteiger charge is 2.24. The first-order valence-electron chi connectivity index (χ1n) is 8.39. The molecule has 0 saturated carbocycles. The van der Waals surface area contributed by atoms with Crippen molar-refractivity contribution >= 4 is 10.9 Å². The summed E-state index contributed by atoms with van der Waals surface area (Å²) in [5, 5.41) is 5.27. The molecular formula is C19H24N2. The maximum Gasteiger partial charge on any atom is 0.0476 e. The molecule has 0 radical (unpaired) electrons. The molecule has 2 N–H and O–H groups in total. The van der Waals surface area contributed by atoms with Gasteiger partial charge in [0.05, 0.1) is 0 Å². The van der Waals surface area contributed by atoms with Crippen LogP contribution in [-0.4, -0.2) is 11.5 Å². The Hall–Kier alpha value is -1.54. The fourth-order valence-corrected chi connectivity index (χ4v) is 3.97. The van der Waals surface area contributed by atoms with Crippen molar-refractivity contribution in [3.63, 3.8) is 0 Å². The van der Waals surface area contributed by atoms with Crippen LogP contribution in [-0.2, 0) is 6.42 Å². The monoisotopic (exact) mass is 280 g/mol. The lowest BCUT2D eigenvalue weighted by Gasteiger charge is -2.27. The molecule has 21 heavy (non-hydrogen) atoms. The molecule has 2 aliphatic rings. The van der Waals surface area contributed by atoms with E-state index in [2.05, 4.69) is 46.7 Å². The third kappa shape index (κ3) is 2.53. The van der Waals surface area contributed by atoms with Crippen molar-refractivity contribution in [1.82, 2.24) is 10.3 Å². The van der Waals surface area contributed by atoms with E-state index in [4.69, 9.17) is 0 Å². The molecule has 1 aromatic heterocycles. The van der Waals surface area contributed by atoms with E-state index in [0.29, 0.717) is 6.04 Å². The quantitative estimate of drug-likeness (QED) is 0.796. The highest BCUT2D eigenvalue weighted by molar-refractivity contribution is 5.85. The number of nitrogens with one attached hydrogen (secondary N) is 2. The zero-order valence-corrected chi connectivity index (χ0v) is 12.6. The highest BCUT2D eigenvalue weighted by atomic mass is 15.0. The number of hydrogen-bond acceptors (Lipinski definition) is 1. The molecule has 1 aromatic carbocycles. The van der Waals surface area contributed by atoms with Gasteiger partial charge in [0.15, 0.2) is 0 Å². The maximum atomic E-state index is 3.84. The molecule has 2 heteroatoms. The van der Waals surface area contributed by atoms with Gasteiger partial charge in [-0.05, 0) is 62.6 Å². The number of rotatable bonds is 3. The summed E-state index contributed by atoms with van der Waals surface area (Å²) in [5.74, 6) is 0.824. The second kappa shape index (κ2) is 5.69. The van der Waals surface area contributed by atoms with Crippen LogP contribution in [0.4, 0.5) is 0 Å². The number of aromatic amines is 1. The minimum absolute atomic E-state index is 0.520. The molecular weight excluding hydrogens is 256 g/mol. The summed E-state index contributed by atoms with van der Waals surface area (Å²) >= 11 is 0. The van der Waals surface area contributed by atoms with Gasteiger partial charge in [-0.1, -0.05) is 30.4 Å². The molecule has 0 aliphatic heterocycles. The second-order valence-electron chi connectivity index (χ2n) is 6.57. The van der Waals surface area contributed by atoms with Crippen molar-refractivity contribution in [3.8, 4) is 0 Å². The largest absolute Gasteiger partial charge is 0.357 e. The average molecular weight is 280 g/mol. The molecule has 2 unspecified atom stereocenters. The number of fused-ring (bicyclic) bond motifs is 3. The van der Waals surface area contributed by atoms with Crippen LogP contribution < -0.4 is 5.32 Å². The van der Waals surface area contributed by atoms with Crippen LogP contribution >= 0.6 is 0 Å². The van der Waals surface area contributed by atoms with Crippen molar-refractivity contribution in [2.75, 3.05) is 6.54 Å². The topological polar surface area (TPSA) is 27.8 Å². The van der Waals surface area contributed by atoms with E-state index < -0.39 is 0 Å². The van der Waals surface area contributed by atoms with E-state index in [1.54, 1.807) is 5.56 Å². The van der Waals surface area contributed by atoms with E-state index >= 15 is 0 Å². The summed E-state index contributed by atoms with van der Waals surface area (Å²) in [6, 6.07) is 9.27. The van der Waals surface area contributed by atoms with Crippen molar-refractivity contribution < 1.29 is 0 Å². The van der Waals surface area contributed by atoms with Crippen LogP contribution in [0.2, 0.25) is 0 Å². The van der Waals surface area contributed by atoms with Crippen LogP contribution in [0.15, 0.2) is 36.4 Å². The Morgan fingerprint density at radius 3 is 3.00 bits per heavy atom. The number of aryl methyl sites for hydroxylation is 1. The minimum atomic E-state index is 0.520. The Labute approximate surface area is 126 Å². The third-order valence-corrected chi connectivity index (χ3v) is 5.15. The van der Waals surface area contributed by atoms with E-state index in [-0.39, 0.29) is 0 Å². The van der Waals surface area contributed by atoms with Crippen LogP contribution in [0, 0.1) is 5.92 Å². The van der Waals surface area contributed by atoms with Crippen LogP contribution in [0.3, 0.4) is 0 Å². The van der Waals surface area contributed by atoms with E-state index in [1.165, 1.54) is 55.1 Å². The van der Waals surface area contributed by atoms with Crippen LogP contribution in [0.1, 0.15) is 49.4 Å². The fourth-order valence-electron chi connectivity index (χ4n) is 3.97. The van der Waals surface area contributed by atoms with Gasteiger partial charge in [0.2, 0.25) is 0 Å². The molecule has 0 saturated heterocycles. The highest BCUT2D eigenvalue weighted by Crippen LogP contribution is 2.34. The Morgan fingerprint density at radius 1 is 1.14 bits per heavy atom. The summed E-state index contributed by atoms with van der Waals surface area (Å²) < 4.78 is 0. The smallest absolute Gasteiger partial charge is 0.0476 e. The normalized spacial score (nSPS) is 25.1. The fraction of sp³-hybridized carbons (Fsp3) is 0.474. The summed E-state index contributed by atoms with van der Waals surface area (Å²) in [6.45, 7) is 1.16. The van der Waals surface area contributed by atoms with Crippen LogP contribution in [0.25, 0.3) is 10.9 Å². The standard InChI is InChI=1S/C19H24N2/c1-2-7-14(8-3-1)13-20-18-12-6-10-16-15-9-4-5-11-17(15)21-19(16)18/h1-2,4-5,9,11,14,18,20-21H,3,6-8,10,12-13H2. The molecule has 0 bridgehead atoms. The average Bonchev–Trinajstić information content (AvgIpc) is 2.93. The Bertz CT molecular complexity index is 653. The van der Waals surface area contributed by atoms with E-state index in [9.17, 15) is 0 Å². The van der Waals surface area contributed by atoms with Gasteiger partial charge in [-0.3, -0.25) is 0 Å². The summed E-state index contributed by atoms with van der Waals surface area (Å²) in [4.78, 5) is 3.68. The van der Waals surface area contributed by atoms with Crippen molar-refractivity contribution in [3.05, 3.63) is 47.7 Å². The first kappa shape index (κ1) is 13.1. The molecule has 2 aromatic rings. The second-order valence-corrected chi connectivity index (χ2v) is 6.57. The van der Waals surface area contributed by atoms with Crippen LogP contribution in [0.5, 0.6) is 0 Å². The number of aromatic nitrogens is 1. The Balaban J connectivity index is 1.54. The van der Waals surface area contributed by atoms with Gasteiger partial charge in [-0.2, -0.15) is 0 Å². The molecule has 2 atom stereocenters. The maximum absolute atomic E-state index is 3.84. The third-order valence-electron chi connectivity index (χ3n) is 5.15. The van der Waals surface area contributed by atoms with Gasteiger partial charge in [0, 0.05) is 22.6 Å². The SMILES string of the molecule is C1=CCC(CNC2CCCc3c2[nH]c2ccccc32)CC1. The molecule has 0 amide bonds. The summed E-state index contributed by atoms with van der Waals surface area (Å²) in [6.07, 6.45) is 12.3. The van der Waals surface area contributed by atoms with E-state index in [1.807, 2.05) is 0 Å². The number of para-hydroxylation sites is 1. The number of hydrogen-bond donors (Lipinski definition) is 2. The van der Waals surface area contributed by atoms with Gasteiger partial charge in [0.1, 0.15) is 0 Å². The first-order chi connectivity index (χ1) is 10.4. The molecule has 0 fully saturated rings. The Kier molecular flexibility index (Phi) is 3.56. The molecule has 110 valence electrons. The molecule has 1 heterocycles. The Morgan fingerprint density at radius 2 is 2.10 bits per heavy atom. The minimum Gasteiger partial charge on any atom is -0.357 e. The lowest BCUT2D eigenvalue weighted by molar-refractivity contribution is 0.379. The molecule has 0 spiro atoms. The van der Waals surface area contributed by atoms with Gasteiger partial charge in [-0.25, -0.2) is 0 Å². The van der Waals surface area contributed by atoms with Gasteiger partial charge < -0.3 is 10.3 Å². The lowest BCUT2D eigenvalue weighted by atomic mass is 9.90. The lowest BCUT2D eigenvalue weighted by Crippen LogP contribution is -2.30. The van der Waals surface area contributed by atoms with Gasteiger partial charge >= 0.3 is 0 Å². The van der Waals surface area contributed by atoms with Crippen molar-refractivity contribution in [1.29, 1.82) is 0 Å². The molecule has 2 nitrogen and oxygen atoms in total. The molecule has 4 rings (SSSR count). The zero-order valence-electron chi connectivity index (χ0n) is 12.6. The number of H-pyrrole nitrogens is 1. The van der Waals surface area contributed by atoms with Crippen molar-refractivity contribution in [2.45, 2.75) is 44.6 Å². The number of benzene rings is 1. The predicted molar refractivity (Wildman–Crippen MR) is 88.5 cm³/mol. The molecule has 2 aliphatic carbocycles. The first-order valence-corrected chi connectivity index (χ1v) is 8.39. The predicted octanol–water partition coefficient (Wildman–Crippen LogP) is 4.49. The van der Waals surface area contributed by atoms with Gasteiger partial charge in [-0.15, -0.1) is 0 Å². The van der Waals surface area contributed by atoms with Crippen molar-refractivity contribution in [2.24, 2.45) is 5.92 Å². The van der Waals surface area contributed by atoms with E-state index in [0.717, 1.165) is 12.5 Å². The van der Waals surface area contributed by atoms with Gasteiger partial charge in [0.25, 0.3) is 0 Å². The summed E-state index contributed by atoms with van der Waals surface area (Å²) in [5.41, 5.74) is 4.31. The zero-order chi connectivity index (χ0) is 14.1. The summed E-state index contributed by atoms with van der Waals surface area (Å²) in [7, 11) is 0. The number of allylic oxidation sites excluding steroid dienone is 2.